The van der Waals surface area contributed by atoms with Gasteiger partial charge in [-0.1, -0.05) is 48.5 Å². The molecule has 4 rings (SSSR count). The van der Waals surface area contributed by atoms with Crippen molar-refractivity contribution in [3.05, 3.63) is 83.4 Å². The number of carbonyl (C=O) groups is 3. The predicted octanol–water partition coefficient (Wildman–Crippen LogP) is 4.99. The van der Waals surface area contributed by atoms with Gasteiger partial charge in [0.1, 0.15) is 6.04 Å². The van der Waals surface area contributed by atoms with Crippen molar-refractivity contribution in [3.63, 3.8) is 0 Å². The van der Waals surface area contributed by atoms with Crippen LogP contribution < -0.4 is 26.6 Å². The molecule has 222 valence electrons. The zero-order chi connectivity index (χ0) is 30.3. The van der Waals surface area contributed by atoms with Crippen molar-refractivity contribution in [1.82, 2.24) is 16.0 Å². The Morgan fingerprint density at radius 1 is 1.05 bits per heavy atom. The standard InChI is InChI=1S/C33H41N5O3S/c1-5-35-32(41)36-20-25-8-6-7-9-27(25)23-12-10-22(11-13-23)21-38-29-17-15-26(42-4)18-24(29)14-16-28(31(38)40)37-30(39)19-33(2,3)34/h6-13,15,17-18,28H,5,14,16,19-21,34H2,1-4H3,(H,37,39)(H2,35,36,41)/t28-/m1/s1. The molecule has 0 saturated heterocycles. The number of nitrogens with zero attached hydrogens (tertiary/aromatic N) is 1. The van der Waals surface area contributed by atoms with E-state index in [1.165, 1.54) is 0 Å². The Morgan fingerprint density at radius 3 is 2.48 bits per heavy atom. The molecular weight excluding hydrogens is 546 g/mol. The molecule has 8 nitrogen and oxygen atoms in total. The van der Waals surface area contributed by atoms with E-state index in [0.717, 1.165) is 38.4 Å². The maximum Gasteiger partial charge on any atom is 0.315 e. The van der Waals surface area contributed by atoms with Crippen LogP contribution in [-0.4, -0.2) is 42.2 Å². The highest BCUT2D eigenvalue weighted by molar-refractivity contribution is 7.98. The number of nitrogens with one attached hydrogen (secondary N) is 3. The van der Waals surface area contributed by atoms with E-state index < -0.39 is 11.6 Å². The molecule has 0 spiro atoms. The Bertz CT molecular complexity index is 1420. The van der Waals surface area contributed by atoms with Crippen LogP contribution in [0, 0.1) is 0 Å². The summed E-state index contributed by atoms with van der Waals surface area (Å²) < 4.78 is 0. The highest BCUT2D eigenvalue weighted by Gasteiger charge is 2.32. The Kier molecular flexibility index (Phi) is 10.3. The number of hydrogen-bond acceptors (Lipinski definition) is 5. The highest BCUT2D eigenvalue weighted by atomic mass is 32.2. The van der Waals surface area contributed by atoms with Crippen LogP contribution in [-0.2, 0) is 29.1 Å². The van der Waals surface area contributed by atoms with Gasteiger partial charge in [-0.2, -0.15) is 0 Å². The Morgan fingerprint density at radius 2 is 1.79 bits per heavy atom. The van der Waals surface area contributed by atoms with E-state index in [1.807, 2.05) is 73.8 Å². The highest BCUT2D eigenvalue weighted by Crippen LogP contribution is 2.32. The molecule has 1 aliphatic heterocycles. The van der Waals surface area contributed by atoms with Gasteiger partial charge in [-0.25, -0.2) is 4.79 Å². The average molecular weight is 588 g/mol. The monoisotopic (exact) mass is 587 g/mol. The van der Waals surface area contributed by atoms with Gasteiger partial charge >= 0.3 is 6.03 Å². The number of nitrogens with two attached hydrogens (primary N) is 1. The fourth-order valence-corrected chi connectivity index (χ4v) is 5.63. The third kappa shape index (κ3) is 8.14. The van der Waals surface area contributed by atoms with Crippen LogP contribution >= 0.6 is 11.8 Å². The van der Waals surface area contributed by atoms with Gasteiger partial charge in [-0.15, -0.1) is 11.8 Å². The van der Waals surface area contributed by atoms with E-state index in [1.54, 1.807) is 30.5 Å². The molecule has 0 saturated carbocycles. The first-order valence-corrected chi connectivity index (χ1v) is 15.6. The normalized spacial score (nSPS) is 15.0. The summed E-state index contributed by atoms with van der Waals surface area (Å²) in [5.41, 5.74) is 11.4. The topological polar surface area (TPSA) is 117 Å². The van der Waals surface area contributed by atoms with Crippen LogP contribution in [0.2, 0.25) is 0 Å². The van der Waals surface area contributed by atoms with Gasteiger partial charge in [0.15, 0.2) is 0 Å². The summed E-state index contributed by atoms with van der Waals surface area (Å²) in [6.07, 6.45) is 3.39. The van der Waals surface area contributed by atoms with Crippen molar-refractivity contribution in [2.45, 2.75) is 69.6 Å². The summed E-state index contributed by atoms with van der Waals surface area (Å²) in [5, 5.41) is 8.61. The quantitative estimate of drug-likeness (QED) is 0.250. The molecule has 0 aromatic heterocycles. The van der Waals surface area contributed by atoms with Crippen molar-refractivity contribution in [2.75, 3.05) is 17.7 Å². The smallest absolute Gasteiger partial charge is 0.315 e. The van der Waals surface area contributed by atoms with Crippen LogP contribution in [0.25, 0.3) is 11.1 Å². The lowest BCUT2D eigenvalue weighted by Gasteiger charge is -2.27. The number of urea groups is 1. The van der Waals surface area contributed by atoms with E-state index in [2.05, 4.69) is 22.0 Å². The van der Waals surface area contributed by atoms with E-state index in [-0.39, 0.29) is 24.3 Å². The van der Waals surface area contributed by atoms with Crippen molar-refractivity contribution >= 4 is 35.3 Å². The predicted molar refractivity (Wildman–Crippen MR) is 170 cm³/mol. The van der Waals surface area contributed by atoms with E-state index in [9.17, 15) is 14.4 Å². The second-order valence-corrected chi connectivity index (χ2v) is 12.2. The number of hydrogen-bond donors (Lipinski definition) is 4. The number of fused-ring (bicyclic) bond motifs is 1. The SMILES string of the molecule is CCNC(=O)NCc1ccccc1-c1ccc(CN2C(=O)[C@H](NC(=O)CC(C)(C)N)CCc3cc(SC)ccc32)cc1. The largest absolute Gasteiger partial charge is 0.344 e. The number of aryl methyl sites for hydroxylation is 1. The van der Waals surface area contributed by atoms with Crippen LogP contribution in [0.3, 0.4) is 0 Å². The van der Waals surface area contributed by atoms with Crippen molar-refractivity contribution in [3.8, 4) is 11.1 Å². The van der Waals surface area contributed by atoms with Gasteiger partial charge in [0.2, 0.25) is 11.8 Å². The van der Waals surface area contributed by atoms with Gasteiger partial charge < -0.3 is 26.6 Å². The number of anilines is 1. The summed E-state index contributed by atoms with van der Waals surface area (Å²) in [7, 11) is 0. The van der Waals surface area contributed by atoms with Crippen LogP contribution in [0.4, 0.5) is 10.5 Å². The molecule has 4 amide bonds. The molecule has 1 atom stereocenters. The van der Waals surface area contributed by atoms with Gasteiger partial charge in [-0.05, 0) is 85.9 Å². The summed E-state index contributed by atoms with van der Waals surface area (Å²) in [5.74, 6) is -0.346. The third-order valence-corrected chi connectivity index (χ3v) is 7.92. The van der Waals surface area contributed by atoms with Gasteiger partial charge in [0.05, 0.1) is 6.54 Å². The van der Waals surface area contributed by atoms with Crippen LogP contribution in [0.5, 0.6) is 0 Å². The number of amides is 4. The zero-order valence-corrected chi connectivity index (χ0v) is 25.6. The van der Waals surface area contributed by atoms with Crippen LogP contribution in [0.15, 0.2) is 71.6 Å². The lowest BCUT2D eigenvalue weighted by molar-refractivity contribution is -0.128. The van der Waals surface area contributed by atoms with Crippen molar-refractivity contribution < 1.29 is 14.4 Å². The molecule has 0 fully saturated rings. The minimum atomic E-state index is -0.661. The number of benzene rings is 3. The van der Waals surface area contributed by atoms with Gasteiger partial charge in [0.25, 0.3) is 0 Å². The zero-order valence-electron chi connectivity index (χ0n) is 24.8. The fourth-order valence-electron chi connectivity index (χ4n) is 5.17. The maximum atomic E-state index is 13.9. The summed E-state index contributed by atoms with van der Waals surface area (Å²) in [6, 6.07) is 21.5. The molecule has 9 heteroatoms. The average Bonchev–Trinajstić information content (AvgIpc) is 3.08. The first-order chi connectivity index (χ1) is 20.1. The molecule has 0 radical (unpaired) electrons. The molecule has 5 N–H and O–H groups in total. The first kappa shape index (κ1) is 31.1. The third-order valence-electron chi connectivity index (χ3n) is 7.20. The molecular formula is C33H41N5O3S. The molecule has 1 aliphatic rings. The van der Waals surface area contributed by atoms with Crippen molar-refractivity contribution in [2.24, 2.45) is 5.73 Å². The molecule has 3 aromatic carbocycles. The van der Waals surface area contributed by atoms with Crippen LogP contribution in [0.1, 0.15) is 50.3 Å². The molecule has 42 heavy (non-hydrogen) atoms. The summed E-state index contributed by atoms with van der Waals surface area (Å²) in [6.45, 7) is 6.84. The van der Waals surface area contributed by atoms with E-state index >= 15 is 0 Å². The second-order valence-electron chi connectivity index (χ2n) is 11.3. The van der Waals surface area contributed by atoms with E-state index in [0.29, 0.717) is 32.5 Å². The number of carbonyl (C=O) groups excluding carboxylic acids is 3. The molecule has 0 unspecified atom stereocenters. The van der Waals surface area contributed by atoms with Gasteiger partial charge in [-0.3, -0.25) is 9.59 Å². The van der Waals surface area contributed by atoms with Crippen molar-refractivity contribution in [1.29, 1.82) is 0 Å². The maximum absolute atomic E-state index is 13.9. The Balaban J connectivity index is 1.57. The summed E-state index contributed by atoms with van der Waals surface area (Å²) in [4.78, 5) is 41.5. The lowest BCUT2D eigenvalue weighted by Crippen LogP contribution is -2.49. The molecule has 0 bridgehead atoms. The van der Waals surface area contributed by atoms with Gasteiger partial charge in [0, 0.05) is 35.6 Å². The lowest BCUT2D eigenvalue weighted by atomic mass is 9.98. The minimum Gasteiger partial charge on any atom is -0.344 e. The first-order valence-electron chi connectivity index (χ1n) is 14.3. The second kappa shape index (κ2) is 13.9. The molecule has 0 aliphatic carbocycles. The van der Waals surface area contributed by atoms with E-state index in [4.69, 9.17) is 5.73 Å². The summed E-state index contributed by atoms with van der Waals surface area (Å²) >= 11 is 1.67. The fraction of sp³-hybridized carbons (Fsp3) is 0.364. The number of rotatable bonds is 10. The minimum absolute atomic E-state index is 0.125. The molecule has 3 aromatic rings. The Labute approximate surface area is 252 Å². The number of thioether (sulfide) groups is 1. The Hall–Kier alpha value is -3.82. The molecule has 1 heterocycles.